The number of ether oxygens (including phenoxy) is 2. The summed E-state index contributed by atoms with van der Waals surface area (Å²) in [5.41, 5.74) is 0.742. The molecule has 0 saturated carbocycles. The number of hydrogen-bond donors (Lipinski definition) is 2. The Bertz CT molecular complexity index is 668. The zero-order valence-corrected chi connectivity index (χ0v) is 12.2. The van der Waals surface area contributed by atoms with Crippen LogP contribution in [0.25, 0.3) is 0 Å². The molecule has 0 spiro atoms. The molecule has 116 valence electrons. The Hall–Kier alpha value is -2.47. The minimum absolute atomic E-state index is 0.123. The number of aryl methyl sites for hydroxylation is 1. The Morgan fingerprint density at radius 2 is 2.14 bits per heavy atom. The summed E-state index contributed by atoms with van der Waals surface area (Å²) >= 11 is 0. The Morgan fingerprint density at radius 3 is 2.86 bits per heavy atom. The molecule has 2 atom stereocenters. The van der Waals surface area contributed by atoms with Crippen molar-refractivity contribution in [3.8, 4) is 11.5 Å². The number of nitrogens with zero attached hydrogens (tertiary/aromatic N) is 1. The Kier molecular flexibility index (Phi) is 4.02. The number of nitrogens with one attached hydrogen (secondary N) is 1. The van der Waals surface area contributed by atoms with Crippen LogP contribution in [0.15, 0.2) is 42.6 Å². The smallest absolute Gasteiger partial charge is 0.264 e. The fraction of sp³-hybridized carbons (Fsp3) is 0.312. The fourth-order valence-electron chi connectivity index (χ4n) is 2.38. The topological polar surface area (TPSA) is 72.7 Å². The first-order chi connectivity index (χ1) is 10.6. The highest BCUT2D eigenvalue weighted by atomic mass is 16.6. The lowest BCUT2D eigenvalue weighted by Crippen LogP contribution is -2.45. The Labute approximate surface area is 128 Å². The van der Waals surface area contributed by atoms with Crippen LogP contribution in [0, 0.1) is 0 Å². The third kappa shape index (κ3) is 2.92. The van der Waals surface area contributed by atoms with E-state index in [9.17, 15) is 9.90 Å². The normalized spacial score (nSPS) is 17.8. The van der Waals surface area contributed by atoms with Crippen molar-refractivity contribution in [1.29, 1.82) is 0 Å². The minimum atomic E-state index is -0.763. The van der Waals surface area contributed by atoms with E-state index in [4.69, 9.17) is 9.47 Å². The molecule has 2 unspecified atom stereocenters. The van der Waals surface area contributed by atoms with Gasteiger partial charge in [0.1, 0.15) is 12.7 Å². The van der Waals surface area contributed by atoms with E-state index in [0.29, 0.717) is 11.5 Å². The van der Waals surface area contributed by atoms with Crippen molar-refractivity contribution in [3.05, 3.63) is 48.3 Å². The summed E-state index contributed by atoms with van der Waals surface area (Å²) in [7, 11) is 1.84. The maximum atomic E-state index is 12.1. The first-order valence-corrected chi connectivity index (χ1v) is 7.10. The van der Waals surface area contributed by atoms with Crippen molar-refractivity contribution < 1.29 is 19.4 Å². The van der Waals surface area contributed by atoms with Crippen molar-refractivity contribution in [3.63, 3.8) is 0 Å². The first kappa shape index (κ1) is 14.5. The van der Waals surface area contributed by atoms with Gasteiger partial charge >= 0.3 is 0 Å². The average molecular weight is 302 g/mol. The maximum Gasteiger partial charge on any atom is 0.264 e. The average Bonchev–Trinajstić information content (AvgIpc) is 2.98. The summed E-state index contributed by atoms with van der Waals surface area (Å²) in [5, 5.41) is 12.8. The first-order valence-electron chi connectivity index (χ1n) is 7.10. The van der Waals surface area contributed by atoms with Crippen LogP contribution in [0.4, 0.5) is 0 Å². The van der Waals surface area contributed by atoms with Crippen molar-refractivity contribution in [1.82, 2.24) is 9.88 Å². The van der Waals surface area contributed by atoms with Crippen LogP contribution in [-0.2, 0) is 11.8 Å². The number of para-hydroxylation sites is 2. The van der Waals surface area contributed by atoms with Gasteiger partial charge in [0.15, 0.2) is 11.5 Å². The zero-order chi connectivity index (χ0) is 15.5. The highest BCUT2D eigenvalue weighted by Crippen LogP contribution is 2.30. The van der Waals surface area contributed by atoms with Gasteiger partial charge in [0.2, 0.25) is 6.10 Å². The lowest BCUT2D eigenvalue weighted by molar-refractivity contribution is -0.130. The molecule has 1 aromatic heterocycles. The Balaban J connectivity index is 1.56. The molecule has 1 aromatic carbocycles. The fourth-order valence-corrected chi connectivity index (χ4v) is 2.38. The minimum Gasteiger partial charge on any atom is -0.485 e. The number of benzene rings is 1. The predicted octanol–water partition coefficient (Wildman–Crippen LogP) is 1.01. The number of aliphatic hydroxyl groups excluding tert-OH is 1. The van der Waals surface area contributed by atoms with Gasteiger partial charge in [-0.2, -0.15) is 0 Å². The molecule has 1 aliphatic rings. The number of amides is 1. The third-order valence-electron chi connectivity index (χ3n) is 3.60. The van der Waals surface area contributed by atoms with Crippen molar-refractivity contribution in [2.75, 3.05) is 13.2 Å². The van der Waals surface area contributed by atoms with E-state index in [0.717, 1.165) is 5.69 Å². The number of rotatable bonds is 4. The maximum absolute atomic E-state index is 12.1. The summed E-state index contributed by atoms with van der Waals surface area (Å²) < 4.78 is 12.9. The van der Waals surface area contributed by atoms with Gasteiger partial charge in [-0.05, 0) is 24.3 Å². The number of aliphatic hydroxyl groups is 1. The molecule has 1 amide bonds. The van der Waals surface area contributed by atoms with Crippen LogP contribution < -0.4 is 14.8 Å². The van der Waals surface area contributed by atoms with E-state index in [2.05, 4.69) is 5.32 Å². The van der Waals surface area contributed by atoms with Gasteiger partial charge in [0, 0.05) is 25.5 Å². The predicted molar refractivity (Wildman–Crippen MR) is 79.7 cm³/mol. The van der Waals surface area contributed by atoms with E-state index < -0.39 is 12.2 Å². The monoisotopic (exact) mass is 302 g/mol. The van der Waals surface area contributed by atoms with Crippen LogP contribution in [0.5, 0.6) is 11.5 Å². The van der Waals surface area contributed by atoms with Crippen molar-refractivity contribution in [2.24, 2.45) is 7.05 Å². The quantitative estimate of drug-likeness (QED) is 0.884. The van der Waals surface area contributed by atoms with Crippen molar-refractivity contribution in [2.45, 2.75) is 12.2 Å². The number of aromatic nitrogens is 1. The molecule has 0 fully saturated rings. The number of carbonyl (C=O) groups excluding carboxylic acids is 1. The molecule has 6 heteroatoms. The molecule has 2 N–H and O–H groups in total. The number of fused-ring (bicyclic) bond motifs is 1. The molecule has 0 radical (unpaired) electrons. The molecular formula is C16H18N2O4. The SMILES string of the molecule is Cn1cccc1C(O)CNC(=O)C1COc2ccccc2O1. The summed E-state index contributed by atoms with van der Waals surface area (Å²) in [6, 6.07) is 10.9. The molecule has 3 rings (SSSR count). The van der Waals surface area contributed by atoms with Crippen LogP contribution >= 0.6 is 0 Å². The highest BCUT2D eigenvalue weighted by molar-refractivity contribution is 5.81. The molecule has 1 aliphatic heterocycles. The lowest BCUT2D eigenvalue weighted by Gasteiger charge is -2.26. The number of carbonyl (C=O) groups is 1. The van der Waals surface area contributed by atoms with E-state index in [-0.39, 0.29) is 19.1 Å². The van der Waals surface area contributed by atoms with Crippen LogP contribution in [0.1, 0.15) is 11.8 Å². The molecule has 0 aliphatic carbocycles. The third-order valence-corrected chi connectivity index (χ3v) is 3.60. The summed E-state index contributed by atoms with van der Waals surface area (Å²) in [6.45, 7) is 0.279. The summed E-state index contributed by atoms with van der Waals surface area (Å²) in [6.07, 6.45) is 0.367. The van der Waals surface area contributed by atoms with Gasteiger partial charge in [0.05, 0.1) is 0 Å². The zero-order valence-electron chi connectivity index (χ0n) is 12.2. The van der Waals surface area contributed by atoms with E-state index in [1.807, 2.05) is 42.1 Å². The molecular weight excluding hydrogens is 284 g/mol. The highest BCUT2D eigenvalue weighted by Gasteiger charge is 2.27. The molecule has 0 bridgehead atoms. The molecule has 2 aromatic rings. The van der Waals surface area contributed by atoms with E-state index >= 15 is 0 Å². The molecule has 6 nitrogen and oxygen atoms in total. The number of hydrogen-bond acceptors (Lipinski definition) is 4. The summed E-state index contributed by atoms with van der Waals surface area (Å²) in [5.74, 6) is 0.884. The molecule has 22 heavy (non-hydrogen) atoms. The molecule has 2 heterocycles. The standard InChI is InChI=1S/C16H18N2O4/c1-18-8-4-5-11(18)12(19)9-17-16(20)15-10-21-13-6-2-3-7-14(13)22-15/h2-8,12,15,19H,9-10H2,1H3,(H,17,20). The second kappa shape index (κ2) is 6.11. The largest absolute Gasteiger partial charge is 0.485 e. The van der Waals surface area contributed by atoms with Gasteiger partial charge in [0.25, 0.3) is 5.91 Å². The lowest BCUT2D eigenvalue weighted by atomic mass is 10.2. The van der Waals surface area contributed by atoms with Gasteiger partial charge in [-0.25, -0.2) is 0 Å². The van der Waals surface area contributed by atoms with Gasteiger partial charge in [-0.15, -0.1) is 0 Å². The Morgan fingerprint density at radius 1 is 1.36 bits per heavy atom. The van der Waals surface area contributed by atoms with Crippen molar-refractivity contribution >= 4 is 5.91 Å². The second-order valence-electron chi connectivity index (χ2n) is 5.17. The van der Waals surface area contributed by atoms with E-state index in [1.165, 1.54) is 0 Å². The van der Waals surface area contributed by atoms with Crippen LogP contribution in [-0.4, -0.2) is 34.8 Å². The van der Waals surface area contributed by atoms with Crippen LogP contribution in [0.3, 0.4) is 0 Å². The van der Waals surface area contributed by atoms with Crippen LogP contribution in [0.2, 0.25) is 0 Å². The van der Waals surface area contributed by atoms with Gasteiger partial charge in [-0.3, -0.25) is 4.79 Å². The van der Waals surface area contributed by atoms with E-state index in [1.54, 1.807) is 12.1 Å². The van der Waals surface area contributed by atoms with Gasteiger partial charge < -0.3 is 24.5 Å². The summed E-state index contributed by atoms with van der Waals surface area (Å²) in [4.78, 5) is 12.1. The molecule has 0 saturated heterocycles. The van der Waals surface area contributed by atoms with Gasteiger partial charge in [-0.1, -0.05) is 12.1 Å². The second-order valence-corrected chi connectivity index (χ2v) is 5.17.